The molecule has 0 atom stereocenters. The van der Waals surface area contributed by atoms with E-state index in [2.05, 4.69) is 107 Å². The van der Waals surface area contributed by atoms with Crippen molar-refractivity contribution in [1.29, 1.82) is 0 Å². The van der Waals surface area contributed by atoms with Crippen LogP contribution in [0.15, 0.2) is 146 Å². The first-order valence-electron chi connectivity index (χ1n) is 13.9. The van der Waals surface area contributed by atoms with E-state index in [1.807, 2.05) is 36.8 Å². The van der Waals surface area contributed by atoms with E-state index in [9.17, 15) is 0 Å². The molecule has 0 spiro atoms. The van der Waals surface area contributed by atoms with Crippen molar-refractivity contribution in [3.63, 3.8) is 0 Å². The molecule has 0 N–H and O–H groups in total. The summed E-state index contributed by atoms with van der Waals surface area (Å²) in [7, 11) is 0. The lowest BCUT2D eigenvalue weighted by Crippen LogP contribution is -1.94. The fourth-order valence-electron chi connectivity index (χ4n) is 5.86. The average molecular weight is 537 g/mol. The molecule has 0 saturated heterocycles. The Morgan fingerprint density at radius 3 is 1.57 bits per heavy atom. The Morgan fingerprint density at radius 2 is 0.905 bits per heavy atom. The highest BCUT2D eigenvalue weighted by atomic mass is 14.8. The molecule has 4 heterocycles. The van der Waals surface area contributed by atoms with Crippen molar-refractivity contribution in [2.24, 2.45) is 0 Å². The molecule has 0 aliphatic carbocycles. The van der Waals surface area contributed by atoms with Crippen LogP contribution < -0.4 is 0 Å². The summed E-state index contributed by atoms with van der Waals surface area (Å²) in [6, 6.07) is 40.5. The van der Waals surface area contributed by atoms with E-state index >= 15 is 0 Å². The zero-order chi connectivity index (χ0) is 27.9. The highest BCUT2D eigenvalue weighted by Gasteiger charge is 2.13. The summed E-state index contributed by atoms with van der Waals surface area (Å²) in [5.41, 5.74) is 7.70. The van der Waals surface area contributed by atoms with E-state index in [4.69, 9.17) is 9.97 Å². The normalized spacial score (nSPS) is 11.3. The molecule has 42 heavy (non-hydrogen) atoms. The Morgan fingerprint density at radius 1 is 0.333 bits per heavy atom. The van der Waals surface area contributed by atoms with Crippen LogP contribution in [0, 0.1) is 0 Å². The molecule has 4 nitrogen and oxygen atoms in total. The Balaban J connectivity index is 1.29. The van der Waals surface area contributed by atoms with Crippen molar-refractivity contribution < 1.29 is 0 Å². The van der Waals surface area contributed by atoms with Crippen LogP contribution in [0.5, 0.6) is 0 Å². The van der Waals surface area contributed by atoms with Gasteiger partial charge in [-0.25, -0.2) is 4.98 Å². The van der Waals surface area contributed by atoms with Crippen LogP contribution in [0.25, 0.3) is 77.2 Å². The highest BCUT2D eigenvalue weighted by molar-refractivity contribution is 6.25. The van der Waals surface area contributed by atoms with Crippen LogP contribution in [0.2, 0.25) is 0 Å². The Labute approximate surface area is 243 Å². The number of hydrogen-bond acceptors (Lipinski definition) is 4. The second-order valence-electron chi connectivity index (χ2n) is 10.4. The van der Waals surface area contributed by atoms with Crippen molar-refractivity contribution >= 4 is 32.3 Å². The van der Waals surface area contributed by atoms with E-state index < -0.39 is 0 Å². The molecule has 8 rings (SSSR count). The van der Waals surface area contributed by atoms with Crippen molar-refractivity contribution in [1.82, 2.24) is 19.9 Å². The third-order valence-corrected chi connectivity index (χ3v) is 7.88. The molecule has 4 aromatic heterocycles. The van der Waals surface area contributed by atoms with Crippen molar-refractivity contribution in [2.75, 3.05) is 0 Å². The molecule has 4 heteroatoms. The van der Waals surface area contributed by atoms with Gasteiger partial charge >= 0.3 is 0 Å². The number of pyridine rings is 4. The summed E-state index contributed by atoms with van der Waals surface area (Å²) in [5, 5.41) is 7.59. The van der Waals surface area contributed by atoms with E-state index in [0.29, 0.717) is 0 Å². The topological polar surface area (TPSA) is 51.6 Å². The minimum atomic E-state index is 0.800. The standard InChI is InChI=1S/C38H24N4/c1-2-11-32-30(9-1)31-10-3-4-12-33(31)35-19-25(13-14-34(32)35)26-15-18-41-37(20-26)38-22-29(27-7-5-16-39-23-27)21-36(42-38)28-8-6-17-40-24-28/h1-24H. The van der Waals surface area contributed by atoms with Gasteiger partial charge in [0.2, 0.25) is 0 Å². The summed E-state index contributed by atoms with van der Waals surface area (Å²) in [5.74, 6) is 0. The van der Waals surface area contributed by atoms with Gasteiger partial charge in [-0.2, -0.15) is 0 Å². The van der Waals surface area contributed by atoms with E-state index in [1.165, 1.54) is 32.3 Å². The fraction of sp³-hybridized carbons (Fsp3) is 0. The average Bonchev–Trinajstić information content (AvgIpc) is 3.09. The van der Waals surface area contributed by atoms with Gasteiger partial charge in [-0.15, -0.1) is 0 Å². The zero-order valence-electron chi connectivity index (χ0n) is 22.6. The van der Waals surface area contributed by atoms with Gasteiger partial charge in [-0.05, 0) is 97.5 Å². The van der Waals surface area contributed by atoms with Crippen molar-refractivity contribution in [3.05, 3.63) is 146 Å². The molecule has 4 aromatic carbocycles. The molecule has 8 aromatic rings. The van der Waals surface area contributed by atoms with Crippen LogP contribution >= 0.6 is 0 Å². The van der Waals surface area contributed by atoms with Gasteiger partial charge in [0.05, 0.1) is 17.1 Å². The predicted molar refractivity (Wildman–Crippen MR) is 172 cm³/mol. The first-order valence-corrected chi connectivity index (χ1v) is 13.9. The lowest BCUT2D eigenvalue weighted by Gasteiger charge is -2.13. The lowest BCUT2D eigenvalue weighted by atomic mass is 9.92. The molecule has 0 amide bonds. The minimum absolute atomic E-state index is 0.800. The summed E-state index contributed by atoms with van der Waals surface area (Å²) in [4.78, 5) is 18.5. The summed E-state index contributed by atoms with van der Waals surface area (Å²) in [6.45, 7) is 0. The van der Waals surface area contributed by atoms with Crippen molar-refractivity contribution in [3.8, 4) is 44.9 Å². The Hall–Kier alpha value is -5.74. The third-order valence-electron chi connectivity index (χ3n) is 7.88. The number of nitrogens with zero attached hydrogens (tertiary/aromatic N) is 4. The van der Waals surface area contributed by atoms with Crippen molar-refractivity contribution in [2.45, 2.75) is 0 Å². The number of hydrogen-bond donors (Lipinski definition) is 0. The second-order valence-corrected chi connectivity index (χ2v) is 10.4. The van der Waals surface area contributed by atoms with Crippen LogP contribution in [0.3, 0.4) is 0 Å². The molecule has 196 valence electrons. The van der Waals surface area contributed by atoms with E-state index in [-0.39, 0.29) is 0 Å². The van der Waals surface area contributed by atoms with Crippen LogP contribution in [-0.2, 0) is 0 Å². The van der Waals surface area contributed by atoms with Crippen LogP contribution in [0.4, 0.5) is 0 Å². The lowest BCUT2D eigenvalue weighted by molar-refractivity contribution is 1.23. The first-order chi connectivity index (χ1) is 20.8. The largest absolute Gasteiger partial charge is 0.264 e. The van der Waals surface area contributed by atoms with E-state index in [0.717, 1.165) is 44.9 Å². The SMILES string of the molecule is c1cncc(-c2cc(-c3cccnc3)nc(-c3cc(-c4ccc5c6ccccc6c6ccccc6c5c4)ccn3)c2)c1. The second kappa shape index (κ2) is 10.0. The summed E-state index contributed by atoms with van der Waals surface area (Å²) >= 11 is 0. The first kappa shape index (κ1) is 24.1. The molecule has 0 aliphatic rings. The fourth-order valence-corrected chi connectivity index (χ4v) is 5.86. The zero-order valence-corrected chi connectivity index (χ0v) is 22.6. The third kappa shape index (κ3) is 4.18. The molecule has 0 radical (unpaired) electrons. The summed E-state index contributed by atoms with van der Waals surface area (Å²) < 4.78 is 0. The smallest absolute Gasteiger partial charge is 0.0900 e. The molecule has 0 unspecified atom stereocenters. The Bertz CT molecular complexity index is 2150. The van der Waals surface area contributed by atoms with Gasteiger partial charge in [-0.3, -0.25) is 15.0 Å². The molecule has 0 aliphatic heterocycles. The van der Waals surface area contributed by atoms with Gasteiger partial charge < -0.3 is 0 Å². The van der Waals surface area contributed by atoms with Gasteiger partial charge in [-0.1, -0.05) is 66.7 Å². The molecule has 0 saturated carbocycles. The highest BCUT2D eigenvalue weighted by Crippen LogP contribution is 2.37. The molecular formula is C38H24N4. The van der Waals surface area contributed by atoms with Gasteiger partial charge in [0, 0.05) is 42.1 Å². The maximum Gasteiger partial charge on any atom is 0.0900 e. The quantitative estimate of drug-likeness (QED) is 0.210. The van der Waals surface area contributed by atoms with Crippen LogP contribution in [-0.4, -0.2) is 19.9 Å². The van der Waals surface area contributed by atoms with E-state index in [1.54, 1.807) is 12.4 Å². The molecule has 0 fully saturated rings. The number of rotatable bonds is 4. The molecular weight excluding hydrogens is 512 g/mol. The number of benzene rings is 4. The number of fused-ring (bicyclic) bond motifs is 6. The van der Waals surface area contributed by atoms with Gasteiger partial charge in [0.15, 0.2) is 0 Å². The maximum absolute atomic E-state index is 5.04. The minimum Gasteiger partial charge on any atom is -0.264 e. The molecule has 0 bridgehead atoms. The number of aromatic nitrogens is 4. The monoisotopic (exact) mass is 536 g/mol. The Kier molecular flexibility index (Phi) is 5.75. The van der Waals surface area contributed by atoms with Gasteiger partial charge in [0.25, 0.3) is 0 Å². The maximum atomic E-state index is 5.04. The van der Waals surface area contributed by atoms with Gasteiger partial charge in [0.1, 0.15) is 0 Å². The summed E-state index contributed by atoms with van der Waals surface area (Å²) in [6.07, 6.45) is 9.14. The predicted octanol–water partition coefficient (Wildman–Crippen LogP) is 9.39. The van der Waals surface area contributed by atoms with Crippen LogP contribution in [0.1, 0.15) is 0 Å².